The zero-order valence-corrected chi connectivity index (χ0v) is 20.4. The van der Waals surface area contributed by atoms with Crippen molar-refractivity contribution in [1.82, 2.24) is 19.9 Å². The molecule has 0 aliphatic carbocycles. The number of ether oxygens (including phenoxy) is 1. The molecule has 1 aliphatic heterocycles. The molecule has 4 heterocycles. The van der Waals surface area contributed by atoms with Crippen LogP contribution in [0.5, 0.6) is 0 Å². The number of nitrogens with zero attached hydrogens (tertiary/aromatic N) is 2. The number of fused-ring (bicyclic) bond motifs is 2. The fraction of sp³-hybridized carbons (Fsp3) is 0.241. The molecule has 0 saturated carbocycles. The maximum atomic E-state index is 15.7. The Morgan fingerprint density at radius 2 is 1.92 bits per heavy atom. The lowest BCUT2D eigenvalue weighted by Gasteiger charge is -2.21. The highest BCUT2D eigenvalue weighted by molar-refractivity contribution is 6.07. The second-order valence-corrected chi connectivity index (χ2v) is 9.55. The van der Waals surface area contributed by atoms with Crippen molar-refractivity contribution in [1.29, 1.82) is 5.41 Å². The Hall–Kier alpha value is -4.04. The molecule has 0 spiro atoms. The van der Waals surface area contributed by atoms with Crippen LogP contribution < -0.4 is 5.32 Å². The molecule has 0 unspecified atom stereocenters. The molecule has 0 amide bonds. The Morgan fingerprint density at radius 1 is 1.08 bits per heavy atom. The van der Waals surface area contributed by atoms with Crippen LogP contribution in [0.3, 0.4) is 0 Å². The first-order chi connectivity index (χ1) is 18.0. The largest absolute Gasteiger partial charge is 0.481 e. The van der Waals surface area contributed by atoms with Gasteiger partial charge in [0.2, 0.25) is 5.90 Å². The van der Waals surface area contributed by atoms with Crippen molar-refractivity contribution in [3.63, 3.8) is 0 Å². The van der Waals surface area contributed by atoms with E-state index in [1.54, 1.807) is 18.5 Å². The molecular weight excluding hydrogens is 472 g/mol. The highest BCUT2D eigenvalue weighted by Gasteiger charge is 2.21. The van der Waals surface area contributed by atoms with E-state index in [2.05, 4.69) is 21.4 Å². The van der Waals surface area contributed by atoms with Gasteiger partial charge in [0.15, 0.2) is 0 Å². The van der Waals surface area contributed by atoms with E-state index in [-0.39, 0.29) is 11.7 Å². The minimum atomic E-state index is -0.390. The molecule has 6 rings (SSSR count). The molecule has 1 saturated heterocycles. The van der Waals surface area contributed by atoms with Crippen LogP contribution in [0.4, 0.5) is 8.78 Å². The summed E-state index contributed by atoms with van der Waals surface area (Å²) in [6.45, 7) is 2.32. The van der Waals surface area contributed by atoms with Gasteiger partial charge in [-0.1, -0.05) is 12.1 Å². The number of benzene rings is 2. The third kappa shape index (κ3) is 4.27. The molecule has 0 bridgehead atoms. The Bertz CT molecular complexity index is 1630. The maximum Gasteiger partial charge on any atom is 0.215 e. The van der Waals surface area contributed by atoms with E-state index in [0.717, 1.165) is 59.3 Å². The first kappa shape index (κ1) is 23.4. The van der Waals surface area contributed by atoms with Gasteiger partial charge in [-0.3, -0.25) is 5.41 Å². The normalized spacial score (nSPS) is 14.5. The average Bonchev–Trinajstić information content (AvgIpc) is 3.50. The number of pyridine rings is 1. The number of hydrogen-bond donors (Lipinski definition) is 3. The number of aromatic amines is 1. The number of halogens is 2. The molecule has 6 nitrogen and oxygen atoms in total. The topological polar surface area (TPSA) is 78.7 Å². The summed E-state index contributed by atoms with van der Waals surface area (Å²) < 4.78 is 36.7. The number of hydrogen-bond acceptors (Lipinski definition) is 4. The highest BCUT2D eigenvalue weighted by Crippen LogP contribution is 2.36. The zero-order chi connectivity index (χ0) is 25.5. The molecular formula is C29H27F2N5O. The average molecular weight is 500 g/mol. The van der Waals surface area contributed by atoms with Crippen molar-refractivity contribution >= 4 is 27.8 Å². The van der Waals surface area contributed by atoms with E-state index >= 15 is 4.39 Å². The lowest BCUT2D eigenvalue weighted by molar-refractivity contribution is 0.401. The van der Waals surface area contributed by atoms with Gasteiger partial charge in [0.05, 0.1) is 12.7 Å². The summed E-state index contributed by atoms with van der Waals surface area (Å²) in [5.41, 5.74) is 5.05. The molecule has 0 radical (unpaired) electrons. The van der Waals surface area contributed by atoms with Crippen LogP contribution in [0.1, 0.15) is 35.6 Å². The zero-order valence-electron chi connectivity index (χ0n) is 20.4. The van der Waals surface area contributed by atoms with Crippen LogP contribution >= 0.6 is 0 Å². The predicted molar refractivity (Wildman–Crippen MR) is 141 cm³/mol. The van der Waals surface area contributed by atoms with E-state index < -0.39 is 5.82 Å². The summed E-state index contributed by atoms with van der Waals surface area (Å²) in [4.78, 5) is 7.98. The summed E-state index contributed by atoms with van der Waals surface area (Å²) in [6.07, 6.45) is 5.55. The van der Waals surface area contributed by atoms with Gasteiger partial charge < -0.3 is 19.6 Å². The lowest BCUT2D eigenvalue weighted by atomic mass is 9.94. The number of methoxy groups -OCH3 is 1. The monoisotopic (exact) mass is 499 g/mol. The Morgan fingerprint density at radius 3 is 2.70 bits per heavy atom. The number of piperidine rings is 1. The second kappa shape index (κ2) is 9.44. The van der Waals surface area contributed by atoms with Gasteiger partial charge in [-0.2, -0.15) is 0 Å². The van der Waals surface area contributed by atoms with Gasteiger partial charge in [0.1, 0.15) is 17.3 Å². The van der Waals surface area contributed by atoms with E-state index in [9.17, 15) is 4.39 Å². The minimum Gasteiger partial charge on any atom is -0.481 e. The van der Waals surface area contributed by atoms with Crippen LogP contribution in [0.2, 0.25) is 0 Å². The van der Waals surface area contributed by atoms with E-state index in [4.69, 9.17) is 10.1 Å². The smallest absolute Gasteiger partial charge is 0.215 e. The summed E-state index contributed by atoms with van der Waals surface area (Å²) in [5.74, 6) is -0.347. The predicted octanol–water partition coefficient (Wildman–Crippen LogP) is 5.95. The molecule has 3 N–H and O–H groups in total. The lowest BCUT2D eigenvalue weighted by Crippen LogP contribution is -2.26. The first-order valence-corrected chi connectivity index (χ1v) is 12.4. The molecule has 2 aromatic carbocycles. The van der Waals surface area contributed by atoms with Gasteiger partial charge in [0.25, 0.3) is 0 Å². The Labute approximate surface area is 212 Å². The third-order valence-electron chi connectivity index (χ3n) is 7.28. The minimum absolute atomic E-state index is 0.0568. The Balaban J connectivity index is 1.50. The quantitative estimate of drug-likeness (QED) is 0.207. The van der Waals surface area contributed by atoms with Crippen LogP contribution in [-0.2, 0) is 11.3 Å². The Kier molecular flexibility index (Phi) is 5.96. The van der Waals surface area contributed by atoms with Crippen LogP contribution in [-0.4, -0.2) is 40.6 Å². The van der Waals surface area contributed by atoms with E-state index in [1.165, 1.54) is 25.3 Å². The van der Waals surface area contributed by atoms with E-state index in [1.807, 2.05) is 22.8 Å². The van der Waals surface area contributed by atoms with Crippen LogP contribution in [0, 0.1) is 17.0 Å². The number of nitrogens with one attached hydrogen (secondary N) is 3. The summed E-state index contributed by atoms with van der Waals surface area (Å²) in [5, 5.41) is 13.1. The van der Waals surface area contributed by atoms with Gasteiger partial charge >= 0.3 is 0 Å². The third-order valence-corrected chi connectivity index (χ3v) is 7.28. The molecule has 5 aromatic rings. The first-order valence-electron chi connectivity index (χ1n) is 12.4. The number of aromatic nitrogens is 3. The maximum absolute atomic E-state index is 15.7. The molecule has 0 atom stereocenters. The van der Waals surface area contributed by atoms with Gasteiger partial charge in [0, 0.05) is 52.4 Å². The molecule has 3 aromatic heterocycles. The highest BCUT2D eigenvalue weighted by atomic mass is 19.1. The van der Waals surface area contributed by atoms with Crippen LogP contribution in [0.25, 0.3) is 33.1 Å². The van der Waals surface area contributed by atoms with Crippen molar-refractivity contribution in [2.45, 2.75) is 25.3 Å². The van der Waals surface area contributed by atoms with Crippen molar-refractivity contribution in [3.8, 4) is 11.1 Å². The molecule has 1 fully saturated rings. The molecule has 188 valence electrons. The van der Waals surface area contributed by atoms with Crippen molar-refractivity contribution in [2.24, 2.45) is 0 Å². The molecule has 1 aliphatic rings. The summed E-state index contributed by atoms with van der Waals surface area (Å²) in [6, 6.07) is 13.6. The van der Waals surface area contributed by atoms with Crippen molar-refractivity contribution in [2.75, 3.05) is 20.2 Å². The fourth-order valence-corrected chi connectivity index (χ4v) is 5.41. The van der Waals surface area contributed by atoms with Crippen molar-refractivity contribution < 1.29 is 13.5 Å². The number of rotatable bonds is 5. The van der Waals surface area contributed by atoms with Gasteiger partial charge in [-0.05, 0) is 73.5 Å². The molecule has 8 heteroatoms. The van der Waals surface area contributed by atoms with Crippen molar-refractivity contribution in [3.05, 3.63) is 89.4 Å². The molecule has 37 heavy (non-hydrogen) atoms. The van der Waals surface area contributed by atoms with E-state index in [0.29, 0.717) is 29.0 Å². The van der Waals surface area contributed by atoms with Gasteiger partial charge in [-0.25, -0.2) is 13.8 Å². The van der Waals surface area contributed by atoms with Crippen LogP contribution in [0.15, 0.2) is 60.9 Å². The second-order valence-electron chi connectivity index (χ2n) is 9.55. The number of H-pyrrole nitrogens is 1. The SMILES string of the molecule is COC(=N)c1cn(Cc2cccc(F)c2)c2cc(-c3ccnc4[nH]c(C5CCNCC5)cc34)c(F)cc12. The van der Waals surface area contributed by atoms with Gasteiger partial charge in [-0.15, -0.1) is 0 Å². The summed E-state index contributed by atoms with van der Waals surface area (Å²) >= 11 is 0. The summed E-state index contributed by atoms with van der Waals surface area (Å²) in [7, 11) is 1.42. The fourth-order valence-electron chi connectivity index (χ4n) is 5.41. The standard InChI is InChI=1S/C29H27F2N5O/c1-37-28(32)24-16-36(15-17-3-2-4-19(30)11-17)27-14-21(25(31)12-22(24)27)20-7-10-34-29-23(20)13-26(35-29)18-5-8-33-9-6-18/h2-4,7,10-14,16,18,32-33H,5-6,8-9,15H2,1H3,(H,34,35).